The van der Waals surface area contributed by atoms with Gasteiger partial charge in [-0.2, -0.15) is 21.6 Å². The highest BCUT2D eigenvalue weighted by atomic mass is 32.2. The molecule has 0 unspecified atom stereocenters. The number of halogens is 3. The average molecular weight is 271 g/mol. The van der Waals surface area contributed by atoms with Gasteiger partial charge in [0, 0.05) is 0 Å². The van der Waals surface area contributed by atoms with Gasteiger partial charge in [-0.25, -0.2) is 0 Å². The van der Waals surface area contributed by atoms with Gasteiger partial charge >= 0.3 is 12.0 Å². The summed E-state index contributed by atoms with van der Waals surface area (Å²) in [6.07, 6.45) is -3.74. The summed E-state index contributed by atoms with van der Waals surface area (Å²) in [7, 11) is -4.97. The standard InChI is InChI=1S/C6H2F3N2O5S/c7-6(8,9)4-1-3(17(14,15)16)2-10-5(4)11(12)13/h1H,(H,14,15,16). The molecule has 1 aromatic heterocycles. The zero-order valence-electron chi connectivity index (χ0n) is 7.59. The Labute approximate surface area is 91.8 Å². The number of aromatic nitrogens is 1. The molecule has 11 heteroatoms. The van der Waals surface area contributed by atoms with E-state index in [2.05, 4.69) is 4.98 Å². The van der Waals surface area contributed by atoms with Crippen molar-refractivity contribution in [3.63, 3.8) is 0 Å². The molecule has 1 heterocycles. The van der Waals surface area contributed by atoms with E-state index >= 15 is 0 Å². The first-order valence-corrected chi connectivity index (χ1v) is 5.09. The van der Waals surface area contributed by atoms with Crippen molar-refractivity contribution in [1.29, 1.82) is 0 Å². The zero-order chi connectivity index (χ0) is 13.4. The van der Waals surface area contributed by atoms with Crippen molar-refractivity contribution in [2.24, 2.45) is 0 Å². The molecule has 7 nitrogen and oxygen atoms in total. The fourth-order valence-corrected chi connectivity index (χ4v) is 1.30. The van der Waals surface area contributed by atoms with Crippen molar-refractivity contribution < 1.29 is 31.1 Å². The molecule has 0 spiro atoms. The molecule has 0 aliphatic carbocycles. The molecule has 0 aromatic carbocycles. The molecule has 0 fully saturated rings. The van der Waals surface area contributed by atoms with Gasteiger partial charge in [-0.15, -0.1) is 0 Å². The van der Waals surface area contributed by atoms with E-state index in [0.29, 0.717) is 0 Å². The van der Waals surface area contributed by atoms with Crippen LogP contribution in [0.2, 0.25) is 0 Å². The number of alkyl halides is 3. The molecule has 17 heavy (non-hydrogen) atoms. The highest BCUT2D eigenvalue weighted by Gasteiger charge is 2.40. The van der Waals surface area contributed by atoms with Gasteiger partial charge in [-0.3, -0.25) is 4.55 Å². The lowest BCUT2D eigenvalue weighted by atomic mass is 10.2. The smallest absolute Gasteiger partial charge is 0.358 e. The van der Waals surface area contributed by atoms with Gasteiger partial charge in [-0.1, -0.05) is 0 Å². The van der Waals surface area contributed by atoms with Crippen molar-refractivity contribution in [2.75, 3.05) is 0 Å². The molecular weight excluding hydrogens is 269 g/mol. The summed E-state index contributed by atoms with van der Waals surface area (Å²) in [5.41, 5.74) is -1.88. The Bertz CT molecular complexity index is 568. The predicted molar refractivity (Wildman–Crippen MR) is 44.5 cm³/mol. The first-order chi connectivity index (χ1) is 7.53. The molecule has 1 N–H and O–H groups in total. The lowest BCUT2D eigenvalue weighted by Gasteiger charge is -2.06. The van der Waals surface area contributed by atoms with Gasteiger partial charge in [0.25, 0.3) is 10.1 Å². The molecule has 1 aromatic rings. The molecule has 1 radical (unpaired) electrons. The Morgan fingerprint density at radius 2 is 2.00 bits per heavy atom. The van der Waals surface area contributed by atoms with Crippen molar-refractivity contribution in [3.8, 4) is 0 Å². The molecule has 1 rings (SSSR count). The van der Waals surface area contributed by atoms with Crippen molar-refractivity contribution >= 4 is 15.9 Å². The van der Waals surface area contributed by atoms with Crippen LogP contribution in [0, 0.1) is 16.3 Å². The number of pyridine rings is 1. The fourth-order valence-electron chi connectivity index (χ4n) is 0.876. The highest BCUT2D eigenvalue weighted by Crippen LogP contribution is 2.35. The van der Waals surface area contributed by atoms with Crippen LogP contribution in [0.3, 0.4) is 0 Å². The van der Waals surface area contributed by atoms with E-state index in [9.17, 15) is 31.7 Å². The number of nitrogens with zero attached hydrogens (tertiary/aromatic N) is 2. The second-order valence-electron chi connectivity index (χ2n) is 2.70. The molecular formula is C6H2F3N2O5S. The van der Waals surface area contributed by atoms with Gasteiger partial charge in [-0.05, 0) is 16.0 Å². The molecule has 0 saturated heterocycles. The summed E-state index contributed by atoms with van der Waals surface area (Å²) in [6, 6.07) is -0.111. The molecule has 0 aliphatic heterocycles. The monoisotopic (exact) mass is 271 g/mol. The minimum absolute atomic E-state index is 0.111. The Hall–Kier alpha value is -1.75. The molecule has 0 aliphatic rings. The van der Waals surface area contributed by atoms with Crippen molar-refractivity contribution in [3.05, 3.63) is 27.9 Å². The minimum Gasteiger partial charge on any atom is -0.358 e. The summed E-state index contributed by atoms with van der Waals surface area (Å²) in [5.74, 6) is -1.59. The van der Waals surface area contributed by atoms with Crippen LogP contribution < -0.4 is 0 Å². The summed E-state index contributed by atoms with van der Waals surface area (Å²) >= 11 is 0. The number of hydrogen-bond donors (Lipinski definition) is 1. The first kappa shape index (κ1) is 13.3. The summed E-state index contributed by atoms with van der Waals surface area (Å²) < 4.78 is 66.6. The normalized spacial score (nSPS) is 12.5. The average Bonchev–Trinajstić information content (AvgIpc) is 2.14. The second kappa shape index (κ2) is 3.92. The lowest BCUT2D eigenvalue weighted by Crippen LogP contribution is -2.12. The van der Waals surface area contributed by atoms with Crippen LogP contribution in [0.1, 0.15) is 5.56 Å². The summed E-state index contributed by atoms with van der Waals surface area (Å²) in [5, 5.41) is 10.2. The molecule has 0 bridgehead atoms. The van der Waals surface area contributed by atoms with E-state index in [-0.39, 0.29) is 6.07 Å². The van der Waals surface area contributed by atoms with Crippen LogP contribution in [-0.2, 0) is 16.3 Å². The van der Waals surface area contributed by atoms with Gasteiger partial charge in [0.05, 0.1) is 0 Å². The maximum atomic E-state index is 12.3. The second-order valence-corrected chi connectivity index (χ2v) is 4.09. The Balaban J connectivity index is 3.57. The third-order valence-electron chi connectivity index (χ3n) is 1.54. The predicted octanol–water partition coefficient (Wildman–Crippen LogP) is 1.06. The SMILES string of the molecule is O=[N+]([O-])c1n[c]c(S(=O)(=O)O)cc1C(F)(F)F. The van der Waals surface area contributed by atoms with E-state index < -0.39 is 37.5 Å². The van der Waals surface area contributed by atoms with Crippen molar-refractivity contribution in [2.45, 2.75) is 11.1 Å². The maximum absolute atomic E-state index is 12.3. The first-order valence-electron chi connectivity index (χ1n) is 3.65. The van der Waals surface area contributed by atoms with E-state index in [1.807, 2.05) is 0 Å². The van der Waals surface area contributed by atoms with E-state index in [0.717, 1.165) is 0 Å². The topological polar surface area (TPSA) is 110 Å². The highest BCUT2D eigenvalue weighted by molar-refractivity contribution is 7.85. The van der Waals surface area contributed by atoms with Crippen LogP contribution in [-0.4, -0.2) is 22.9 Å². The third kappa shape index (κ3) is 2.88. The van der Waals surface area contributed by atoms with Crippen molar-refractivity contribution in [1.82, 2.24) is 4.98 Å². The van der Waals surface area contributed by atoms with Gasteiger partial charge in [0.2, 0.25) is 6.20 Å². The minimum atomic E-state index is -5.18. The molecule has 0 amide bonds. The largest absolute Gasteiger partial charge is 0.424 e. The summed E-state index contributed by atoms with van der Waals surface area (Å²) in [4.78, 5) is 10.1. The number of hydrogen-bond acceptors (Lipinski definition) is 5. The molecule has 0 atom stereocenters. The summed E-state index contributed by atoms with van der Waals surface area (Å²) in [6.45, 7) is 0. The third-order valence-corrected chi connectivity index (χ3v) is 2.31. The molecule has 0 saturated carbocycles. The Kier molecular flexibility index (Phi) is 3.07. The fraction of sp³-hybridized carbons (Fsp3) is 0.167. The maximum Gasteiger partial charge on any atom is 0.424 e. The Morgan fingerprint density at radius 1 is 1.47 bits per heavy atom. The van der Waals surface area contributed by atoms with Crippen LogP contribution in [0.15, 0.2) is 11.0 Å². The van der Waals surface area contributed by atoms with E-state index in [1.54, 1.807) is 0 Å². The van der Waals surface area contributed by atoms with Crippen LogP contribution in [0.25, 0.3) is 0 Å². The van der Waals surface area contributed by atoms with Gasteiger partial charge in [0.1, 0.15) is 0 Å². The van der Waals surface area contributed by atoms with E-state index in [1.165, 1.54) is 6.20 Å². The lowest BCUT2D eigenvalue weighted by molar-refractivity contribution is -0.392. The van der Waals surface area contributed by atoms with Crippen LogP contribution >= 0.6 is 0 Å². The number of nitro groups is 1. The van der Waals surface area contributed by atoms with Crippen LogP contribution in [0.4, 0.5) is 19.0 Å². The number of rotatable bonds is 2. The Morgan fingerprint density at radius 3 is 2.35 bits per heavy atom. The molecule has 93 valence electrons. The quantitative estimate of drug-likeness (QED) is 0.489. The van der Waals surface area contributed by atoms with Crippen LogP contribution in [0.5, 0.6) is 0 Å². The van der Waals surface area contributed by atoms with Gasteiger partial charge < -0.3 is 10.1 Å². The van der Waals surface area contributed by atoms with Gasteiger partial charge in [0.15, 0.2) is 10.5 Å². The zero-order valence-corrected chi connectivity index (χ0v) is 8.41. The van der Waals surface area contributed by atoms with E-state index in [4.69, 9.17) is 4.55 Å².